The number of carbonyl (C=O) groups is 1. The zero-order chi connectivity index (χ0) is 21.6. The number of piperazine rings is 1. The summed E-state index contributed by atoms with van der Waals surface area (Å²) in [5, 5.41) is 0. The average molecular weight is 421 g/mol. The van der Waals surface area contributed by atoms with E-state index in [2.05, 4.69) is 26.6 Å². The molecule has 0 atom stereocenters. The van der Waals surface area contributed by atoms with E-state index in [9.17, 15) is 4.79 Å². The zero-order valence-electron chi connectivity index (χ0n) is 18.0. The summed E-state index contributed by atoms with van der Waals surface area (Å²) in [7, 11) is 3.17. The number of carbonyl (C=O) groups excluding carboxylic acids is 1. The fourth-order valence-corrected chi connectivity index (χ4v) is 3.91. The molecule has 3 aromatic rings. The van der Waals surface area contributed by atoms with Crippen LogP contribution in [0.5, 0.6) is 11.5 Å². The first kappa shape index (κ1) is 20.9. The Bertz CT molecular complexity index is 1010. The van der Waals surface area contributed by atoms with Crippen molar-refractivity contribution in [1.82, 2.24) is 19.4 Å². The molecule has 0 aliphatic carbocycles. The Morgan fingerprint density at radius 2 is 1.68 bits per heavy atom. The Balaban J connectivity index is 1.32. The molecule has 1 saturated heterocycles. The molecule has 4 rings (SSSR count). The second kappa shape index (κ2) is 9.66. The van der Waals surface area contributed by atoms with Crippen LogP contribution in [0.15, 0.2) is 60.9 Å². The molecule has 31 heavy (non-hydrogen) atoms. The molecule has 0 unspecified atom stereocenters. The van der Waals surface area contributed by atoms with Crippen molar-refractivity contribution in [2.24, 2.45) is 0 Å². The lowest BCUT2D eigenvalue weighted by molar-refractivity contribution is 0.0633. The lowest BCUT2D eigenvalue weighted by Crippen LogP contribution is -2.49. The molecule has 2 aromatic carbocycles. The van der Waals surface area contributed by atoms with E-state index in [-0.39, 0.29) is 5.91 Å². The van der Waals surface area contributed by atoms with Crippen molar-refractivity contribution >= 4 is 5.91 Å². The summed E-state index contributed by atoms with van der Waals surface area (Å²) in [6.45, 7) is 4.93. The van der Waals surface area contributed by atoms with E-state index in [1.807, 2.05) is 35.5 Å². The van der Waals surface area contributed by atoms with Crippen LogP contribution < -0.4 is 9.47 Å². The summed E-state index contributed by atoms with van der Waals surface area (Å²) in [5.41, 5.74) is 1.75. The lowest BCUT2D eigenvalue weighted by Gasteiger charge is -2.35. The molecule has 2 heterocycles. The highest BCUT2D eigenvalue weighted by atomic mass is 16.5. The molecule has 1 amide bonds. The van der Waals surface area contributed by atoms with Gasteiger partial charge in [0.2, 0.25) is 0 Å². The molecule has 1 aromatic heterocycles. The largest absolute Gasteiger partial charge is 0.493 e. The Labute approximate surface area is 182 Å². The molecular weight excluding hydrogens is 392 g/mol. The van der Waals surface area contributed by atoms with E-state index >= 15 is 0 Å². The van der Waals surface area contributed by atoms with Gasteiger partial charge in [-0.3, -0.25) is 9.69 Å². The Kier molecular flexibility index (Phi) is 6.52. The van der Waals surface area contributed by atoms with Crippen LogP contribution in [0, 0.1) is 0 Å². The maximum absolute atomic E-state index is 12.9. The standard InChI is InChI=1S/C24H28N4O3/c1-30-21-9-8-20(18-22(21)31-2)24(29)28-16-13-26(14-17-28)12-15-27-11-10-25-23(27)19-6-4-3-5-7-19/h3-11,18H,12-17H2,1-2H3. The molecule has 0 spiro atoms. The van der Waals surface area contributed by atoms with Gasteiger partial charge in [-0.15, -0.1) is 0 Å². The quantitative estimate of drug-likeness (QED) is 0.588. The summed E-state index contributed by atoms with van der Waals surface area (Å²) in [6.07, 6.45) is 3.88. The predicted molar refractivity (Wildman–Crippen MR) is 120 cm³/mol. The van der Waals surface area contributed by atoms with Crippen molar-refractivity contribution in [2.75, 3.05) is 46.9 Å². The van der Waals surface area contributed by atoms with E-state index in [1.54, 1.807) is 32.4 Å². The molecule has 0 N–H and O–H groups in total. The van der Waals surface area contributed by atoms with Crippen molar-refractivity contribution in [3.63, 3.8) is 0 Å². The molecule has 0 saturated carbocycles. The van der Waals surface area contributed by atoms with Gasteiger partial charge in [-0.1, -0.05) is 30.3 Å². The number of benzene rings is 2. The number of ether oxygens (including phenoxy) is 2. The number of methoxy groups -OCH3 is 2. The van der Waals surface area contributed by atoms with Gasteiger partial charge in [0.1, 0.15) is 5.82 Å². The minimum Gasteiger partial charge on any atom is -0.493 e. The Morgan fingerprint density at radius 1 is 0.935 bits per heavy atom. The third kappa shape index (κ3) is 4.72. The molecule has 1 aliphatic heterocycles. The number of imidazole rings is 1. The monoisotopic (exact) mass is 420 g/mol. The van der Waals surface area contributed by atoms with Crippen molar-refractivity contribution in [3.8, 4) is 22.9 Å². The maximum atomic E-state index is 12.9. The first-order chi connectivity index (χ1) is 15.2. The van der Waals surface area contributed by atoms with Crippen LogP contribution in [-0.4, -0.2) is 72.2 Å². The minimum atomic E-state index is 0.0292. The van der Waals surface area contributed by atoms with Crippen LogP contribution in [-0.2, 0) is 6.54 Å². The van der Waals surface area contributed by atoms with Crippen molar-refractivity contribution in [1.29, 1.82) is 0 Å². The van der Waals surface area contributed by atoms with Gasteiger partial charge in [-0.25, -0.2) is 4.98 Å². The average Bonchev–Trinajstić information content (AvgIpc) is 3.31. The Morgan fingerprint density at radius 3 is 2.39 bits per heavy atom. The second-order valence-corrected chi connectivity index (χ2v) is 7.51. The number of hydrogen-bond acceptors (Lipinski definition) is 5. The first-order valence-corrected chi connectivity index (χ1v) is 10.5. The van der Waals surface area contributed by atoms with E-state index in [0.717, 1.165) is 37.6 Å². The summed E-state index contributed by atoms with van der Waals surface area (Å²) < 4.78 is 12.8. The topological polar surface area (TPSA) is 59.8 Å². The van der Waals surface area contributed by atoms with E-state index in [0.29, 0.717) is 30.2 Å². The van der Waals surface area contributed by atoms with E-state index in [4.69, 9.17) is 9.47 Å². The van der Waals surface area contributed by atoms with Crippen LogP contribution >= 0.6 is 0 Å². The van der Waals surface area contributed by atoms with Gasteiger partial charge in [0.05, 0.1) is 14.2 Å². The molecule has 7 nitrogen and oxygen atoms in total. The van der Waals surface area contributed by atoms with Gasteiger partial charge in [0, 0.05) is 62.8 Å². The molecule has 1 fully saturated rings. The molecule has 0 radical (unpaired) electrons. The third-order valence-corrected chi connectivity index (χ3v) is 5.69. The molecule has 162 valence electrons. The van der Waals surface area contributed by atoms with Crippen LogP contribution in [0.2, 0.25) is 0 Å². The second-order valence-electron chi connectivity index (χ2n) is 7.51. The van der Waals surface area contributed by atoms with Crippen molar-refractivity contribution in [2.45, 2.75) is 6.54 Å². The summed E-state index contributed by atoms with van der Waals surface area (Å²) in [5.74, 6) is 2.21. The number of aromatic nitrogens is 2. The first-order valence-electron chi connectivity index (χ1n) is 10.5. The van der Waals surface area contributed by atoms with Crippen LogP contribution in [0.1, 0.15) is 10.4 Å². The number of rotatable bonds is 7. The van der Waals surface area contributed by atoms with E-state index < -0.39 is 0 Å². The SMILES string of the molecule is COc1ccc(C(=O)N2CCN(CCn3ccnc3-c3ccccc3)CC2)cc1OC. The number of nitrogens with zero attached hydrogens (tertiary/aromatic N) is 4. The highest BCUT2D eigenvalue weighted by molar-refractivity contribution is 5.95. The zero-order valence-corrected chi connectivity index (χ0v) is 18.0. The van der Waals surface area contributed by atoms with Crippen LogP contribution in [0.4, 0.5) is 0 Å². The number of hydrogen-bond donors (Lipinski definition) is 0. The van der Waals surface area contributed by atoms with Crippen LogP contribution in [0.25, 0.3) is 11.4 Å². The van der Waals surface area contributed by atoms with Gasteiger partial charge in [0.15, 0.2) is 11.5 Å². The Hall–Kier alpha value is -3.32. The predicted octanol–water partition coefficient (Wildman–Crippen LogP) is 3.03. The van der Waals surface area contributed by atoms with E-state index in [1.165, 1.54) is 0 Å². The fraction of sp³-hybridized carbons (Fsp3) is 0.333. The summed E-state index contributed by atoms with van der Waals surface area (Å²) >= 11 is 0. The smallest absolute Gasteiger partial charge is 0.254 e. The van der Waals surface area contributed by atoms with Gasteiger partial charge in [-0.2, -0.15) is 0 Å². The van der Waals surface area contributed by atoms with Crippen molar-refractivity contribution in [3.05, 3.63) is 66.5 Å². The summed E-state index contributed by atoms with van der Waals surface area (Å²) in [4.78, 5) is 21.7. The normalized spacial score (nSPS) is 14.5. The summed E-state index contributed by atoms with van der Waals surface area (Å²) in [6, 6.07) is 15.6. The lowest BCUT2D eigenvalue weighted by atomic mass is 10.1. The highest BCUT2D eigenvalue weighted by Gasteiger charge is 2.23. The van der Waals surface area contributed by atoms with Gasteiger partial charge < -0.3 is 18.9 Å². The highest BCUT2D eigenvalue weighted by Crippen LogP contribution is 2.28. The van der Waals surface area contributed by atoms with Gasteiger partial charge in [0.25, 0.3) is 5.91 Å². The fourth-order valence-electron chi connectivity index (χ4n) is 3.91. The number of amides is 1. The van der Waals surface area contributed by atoms with Gasteiger partial charge >= 0.3 is 0 Å². The van der Waals surface area contributed by atoms with Crippen LogP contribution in [0.3, 0.4) is 0 Å². The van der Waals surface area contributed by atoms with Crippen molar-refractivity contribution < 1.29 is 14.3 Å². The van der Waals surface area contributed by atoms with Gasteiger partial charge in [-0.05, 0) is 18.2 Å². The third-order valence-electron chi connectivity index (χ3n) is 5.69. The molecule has 7 heteroatoms. The minimum absolute atomic E-state index is 0.0292. The molecule has 0 bridgehead atoms. The molecule has 1 aliphatic rings. The maximum Gasteiger partial charge on any atom is 0.254 e. The molecular formula is C24H28N4O3.